The van der Waals surface area contributed by atoms with E-state index in [-0.39, 0.29) is 17.3 Å². The molecule has 0 fully saturated rings. The smallest absolute Gasteiger partial charge is 0.264 e. The van der Waals surface area contributed by atoms with Gasteiger partial charge in [0.25, 0.3) is 10.0 Å². The van der Waals surface area contributed by atoms with E-state index in [1.165, 1.54) is 24.1 Å². The van der Waals surface area contributed by atoms with Gasteiger partial charge in [-0.2, -0.15) is 0 Å². The van der Waals surface area contributed by atoms with Crippen LogP contribution in [0.1, 0.15) is 18.1 Å². The molecular weight excluding hydrogens is 498 g/mol. The van der Waals surface area contributed by atoms with Gasteiger partial charge in [-0.3, -0.25) is 13.9 Å². The van der Waals surface area contributed by atoms with Crippen molar-refractivity contribution in [2.24, 2.45) is 0 Å². The molecule has 0 radical (unpaired) electrons. The first-order valence-electron chi connectivity index (χ1n) is 11.5. The Morgan fingerprint density at radius 1 is 0.944 bits per heavy atom. The Morgan fingerprint density at radius 3 is 2.17 bits per heavy atom. The monoisotopic (exact) mass is 527 g/mol. The molecular formula is C27H30ClN3O4S. The second kappa shape index (κ2) is 12.1. The van der Waals surface area contributed by atoms with Gasteiger partial charge in [-0.05, 0) is 55.7 Å². The number of hydrogen-bond donors (Lipinski definition) is 1. The number of anilines is 1. The molecule has 1 atom stereocenters. The van der Waals surface area contributed by atoms with Gasteiger partial charge >= 0.3 is 0 Å². The van der Waals surface area contributed by atoms with Gasteiger partial charge in [-0.1, -0.05) is 66.2 Å². The standard InChI is InChI=1S/C27H30ClN3O4S/c1-20-24(28)15-10-16-25(20)31(36(34,35)23-13-8-5-9-14-23)19-26(32)30(21(2)27(33)29-3)18-17-22-11-6-4-7-12-22/h4-16,21H,17-19H2,1-3H3,(H,29,33). The summed E-state index contributed by atoms with van der Waals surface area (Å²) in [4.78, 5) is 27.6. The largest absolute Gasteiger partial charge is 0.357 e. The van der Waals surface area contributed by atoms with Gasteiger partial charge < -0.3 is 10.2 Å². The first-order valence-corrected chi connectivity index (χ1v) is 13.4. The maximum absolute atomic E-state index is 13.7. The number of nitrogens with one attached hydrogen (secondary N) is 1. The lowest BCUT2D eigenvalue weighted by Crippen LogP contribution is -2.51. The van der Waals surface area contributed by atoms with Crippen LogP contribution < -0.4 is 9.62 Å². The zero-order chi connectivity index (χ0) is 26.3. The summed E-state index contributed by atoms with van der Waals surface area (Å²) in [5.41, 5.74) is 1.83. The van der Waals surface area contributed by atoms with Crippen LogP contribution in [-0.4, -0.2) is 51.3 Å². The van der Waals surface area contributed by atoms with Crippen molar-refractivity contribution in [1.29, 1.82) is 0 Å². The molecule has 0 bridgehead atoms. The predicted molar refractivity (Wildman–Crippen MR) is 143 cm³/mol. The first kappa shape index (κ1) is 27.2. The van der Waals surface area contributed by atoms with Gasteiger partial charge in [-0.25, -0.2) is 8.42 Å². The van der Waals surface area contributed by atoms with Gasteiger partial charge in [0.05, 0.1) is 10.6 Å². The predicted octanol–water partition coefficient (Wildman–Crippen LogP) is 4.05. The molecule has 3 aromatic rings. The zero-order valence-corrected chi connectivity index (χ0v) is 22.1. The molecule has 3 rings (SSSR count). The molecule has 1 N–H and O–H groups in total. The van der Waals surface area contributed by atoms with Crippen LogP contribution in [0.2, 0.25) is 5.02 Å². The highest BCUT2D eigenvalue weighted by molar-refractivity contribution is 7.92. The zero-order valence-electron chi connectivity index (χ0n) is 20.5. The highest BCUT2D eigenvalue weighted by atomic mass is 35.5. The summed E-state index contributed by atoms with van der Waals surface area (Å²) in [6.07, 6.45) is 0.509. The van der Waals surface area contributed by atoms with E-state index in [0.29, 0.717) is 22.7 Å². The summed E-state index contributed by atoms with van der Waals surface area (Å²) >= 11 is 6.31. The average Bonchev–Trinajstić information content (AvgIpc) is 2.89. The molecule has 0 saturated carbocycles. The van der Waals surface area contributed by atoms with Gasteiger partial charge in [0, 0.05) is 18.6 Å². The fraction of sp³-hybridized carbons (Fsp3) is 0.259. The van der Waals surface area contributed by atoms with Gasteiger partial charge in [0.15, 0.2) is 0 Å². The molecule has 0 spiro atoms. The summed E-state index contributed by atoms with van der Waals surface area (Å²) in [6, 6.07) is 21.6. The maximum atomic E-state index is 13.7. The van der Waals surface area contributed by atoms with Crippen LogP contribution in [0.25, 0.3) is 0 Å². The summed E-state index contributed by atoms with van der Waals surface area (Å²) in [5.74, 6) is -0.839. The van der Waals surface area contributed by atoms with Gasteiger partial charge in [-0.15, -0.1) is 0 Å². The molecule has 0 aromatic heterocycles. The number of benzene rings is 3. The number of carbonyl (C=O) groups excluding carboxylic acids is 2. The van der Waals surface area contributed by atoms with Crippen LogP contribution in [0.4, 0.5) is 5.69 Å². The second-order valence-electron chi connectivity index (χ2n) is 8.32. The minimum absolute atomic E-state index is 0.0485. The Labute approximate surface area is 217 Å². The molecule has 2 amide bonds. The van der Waals surface area contributed by atoms with Crippen molar-refractivity contribution >= 4 is 39.1 Å². The summed E-state index contributed by atoms with van der Waals surface area (Å²) < 4.78 is 28.5. The van der Waals surface area contributed by atoms with Crippen LogP contribution in [0.3, 0.4) is 0 Å². The van der Waals surface area contributed by atoms with Crippen molar-refractivity contribution < 1.29 is 18.0 Å². The molecule has 0 aliphatic heterocycles. The number of hydrogen-bond acceptors (Lipinski definition) is 4. The Kier molecular flexibility index (Phi) is 9.12. The van der Waals surface area contributed by atoms with Crippen molar-refractivity contribution in [3.05, 3.63) is 95.0 Å². The van der Waals surface area contributed by atoms with Crippen molar-refractivity contribution in [3.63, 3.8) is 0 Å². The summed E-state index contributed by atoms with van der Waals surface area (Å²) in [6.45, 7) is 3.08. The number of rotatable bonds is 10. The van der Waals surface area contributed by atoms with Crippen molar-refractivity contribution in [2.75, 3.05) is 24.4 Å². The third-order valence-electron chi connectivity index (χ3n) is 6.02. The minimum Gasteiger partial charge on any atom is -0.357 e. The van der Waals surface area contributed by atoms with E-state index in [0.717, 1.165) is 9.87 Å². The quantitative estimate of drug-likeness (QED) is 0.431. The Morgan fingerprint density at radius 2 is 1.56 bits per heavy atom. The van der Waals surface area contributed by atoms with Gasteiger partial charge in [0.1, 0.15) is 12.6 Å². The molecule has 0 aliphatic rings. The highest BCUT2D eigenvalue weighted by Crippen LogP contribution is 2.31. The van der Waals surface area contributed by atoms with E-state index >= 15 is 0 Å². The molecule has 0 heterocycles. The third-order valence-corrected chi connectivity index (χ3v) is 8.20. The van der Waals surface area contributed by atoms with E-state index in [2.05, 4.69) is 5.32 Å². The Hall–Kier alpha value is -3.36. The molecule has 36 heavy (non-hydrogen) atoms. The summed E-state index contributed by atoms with van der Waals surface area (Å²) in [5, 5.41) is 2.96. The number of halogens is 1. The fourth-order valence-corrected chi connectivity index (χ4v) is 5.54. The van der Waals surface area contributed by atoms with Crippen molar-refractivity contribution in [1.82, 2.24) is 10.2 Å². The lowest BCUT2D eigenvalue weighted by atomic mass is 10.1. The second-order valence-corrected chi connectivity index (χ2v) is 10.6. The number of amides is 2. The number of sulfonamides is 1. The Balaban J connectivity index is 2.00. The van der Waals surface area contributed by atoms with E-state index in [1.54, 1.807) is 50.2 Å². The topological polar surface area (TPSA) is 86.8 Å². The van der Waals surface area contributed by atoms with Crippen LogP contribution in [0, 0.1) is 6.92 Å². The lowest BCUT2D eigenvalue weighted by molar-refractivity contribution is -0.138. The fourth-order valence-electron chi connectivity index (χ4n) is 3.88. The van der Waals surface area contributed by atoms with E-state index in [9.17, 15) is 18.0 Å². The SMILES string of the molecule is CNC(=O)C(C)N(CCc1ccccc1)C(=O)CN(c1cccc(Cl)c1C)S(=O)(=O)c1ccccc1. The van der Waals surface area contributed by atoms with E-state index < -0.39 is 28.5 Å². The Bertz CT molecular complexity index is 1300. The third kappa shape index (κ3) is 6.25. The molecule has 7 nitrogen and oxygen atoms in total. The maximum Gasteiger partial charge on any atom is 0.264 e. The summed E-state index contributed by atoms with van der Waals surface area (Å²) in [7, 11) is -2.61. The van der Waals surface area contributed by atoms with Crippen LogP contribution >= 0.6 is 11.6 Å². The molecule has 190 valence electrons. The normalized spacial score (nSPS) is 12.0. The molecule has 1 unspecified atom stereocenters. The minimum atomic E-state index is -4.11. The number of nitrogens with zero attached hydrogens (tertiary/aromatic N) is 2. The average molecular weight is 528 g/mol. The van der Waals surface area contributed by atoms with Crippen molar-refractivity contribution in [3.8, 4) is 0 Å². The first-order chi connectivity index (χ1) is 17.2. The molecule has 0 saturated heterocycles. The van der Waals surface area contributed by atoms with Crippen molar-refractivity contribution in [2.45, 2.75) is 31.2 Å². The van der Waals surface area contributed by atoms with E-state index in [1.807, 2.05) is 30.3 Å². The molecule has 9 heteroatoms. The van der Waals surface area contributed by atoms with Crippen LogP contribution in [0.15, 0.2) is 83.8 Å². The number of carbonyl (C=O) groups is 2. The molecule has 3 aromatic carbocycles. The van der Waals surface area contributed by atoms with Gasteiger partial charge in [0.2, 0.25) is 11.8 Å². The van der Waals surface area contributed by atoms with E-state index in [4.69, 9.17) is 11.6 Å². The number of likely N-dealkylation sites (N-methyl/N-ethyl adjacent to an activating group) is 1. The highest BCUT2D eigenvalue weighted by Gasteiger charge is 2.32. The molecule has 0 aliphatic carbocycles. The van der Waals surface area contributed by atoms with Crippen LogP contribution in [-0.2, 0) is 26.0 Å². The lowest BCUT2D eigenvalue weighted by Gasteiger charge is -2.32. The van der Waals surface area contributed by atoms with Crippen LogP contribution in [0.5, 0.6) is 0 Å².